The minimum Gasteiger partial charge on any atom is -0.507 e. The van der Waals surface area contributed by atoms with Gasteiger partial charge in [0.1, 0.15) is 11.5 Å². The van der Waals surface area contributed by atoms with Crippen molar-refractivity contribution in [2.24, 2.45) is 0 Å². The maximum absolute atomic E-state index is 13.6. The van der Waals surface area contributed by atoms with Crippen LogP contribution in [0.25, 0.3) is 32.7 Å². The first-order valence-electron chi connectivity index (χ1n) is 17.1. The minimum absolute atomic E-state index is 0.0491. The molecule has 0 spiro atoms. The summed E-state index contributed by atoms with van der Waals surface area (Å²) < 4.78 is 0. The number of phenolic OH excluding ortho intramolecular Hbond substituents is 6. The standard InChI is InChI=1S/C43H41NO8/c1-22(26-11-7-5-8-12-26)15-16-32(45)37-28-17-23(2)35(39(48)30(28)19-33(46)41(37)50)36-24(3)18-29-31(40(36)49)20-34(47)42(51)38(29)43(52)44-21-25(4)27-13-9-6-10-14-27/h5-14,17-20,22,25,46-51H,15-16,21H2,1-4H3,(H,44,52). The van der Waals surface area contributed by atoms with E-state index in [9.17, 15) is 40.2 Å². The van der Waals surface area contributed by atoms with Gasteiger partial charge in [0.2, 0.25) is 0 Å². The van der Waals surface area contributed by atoms with Crippen LogP contribution in [0.3, 0.4) is 0 Å². The smallest absolute Gasteiger partial charge is 0.255 e. The van der Waals surface area contributed by atoms with E-state index in [1.165, 1.54) is 6.07 Å². The van der Waals surface area contributed by atoms with Crippen molar-refractivity contribution in [2.75, 3.05) is 6.54 Å². The van der Waals surface area contributed by atoms with Gasteiger partial charge in [0.05, 0.1) is 11.1 Å². The van der Waals surface area contributed by atoms with Gasteiger partial charge in [-0.15, -0.1) is 0 Å². The molecule has 0 heterocycles. The van der Waals surface area contributed by atoms with Gasteiger partial charge in [-0.05, 0) is 78.6 Å². The highest BCUT2D eigenvalue weighted by molar-refractivity contribution is 6.16. The van der Waals surface area contributed by atoms with Crippen molar-refractivity contribution < 1.29 is 40.2 Å². The van der Waals surface area contributed by atoms with Gasteiger partial charge in [0.25, 0.3) is 5.91 Å². The molecule has 0 saturated carbocycles. The van der Waals surface area contributed by atoms with Crippen molar-refractivity contribution in [1.82, 2.24) is 5.32 Å². The summed E-state index contributed by atoms with van der Waals surface area (Å²) in [6, 6.07) is 24.8. The Morgan fingerprint density at radius 3 is 1.52 bits per heavy atom. The van der Waals surface area contributed by atoms with Crippen LogP contribution in [0.2, 0.25) is 0 Å². The van der Waals surface area contributed by atoms with E-state index in [1.54, 1.807) is 26.0 Å². The van der Waals surface area contributed by atoms with Gasteiger partial charge in [-0.3, -0.25) is 9.59 Å². The van der Waals surface area contributed by atoms with Gasteiger partial charge in [0.15, 0.2) is 28.8 Å². The fraction of sp³-hybridized carbons (Fsp3) is 0.209. The van der Waals surface area contributed by atoms with Crippen LogP contribution in [-0.2, 0) is 0 Å². The fourth-order valence-corrected chi connectivity index (χ4v) is 7.06. The number of rotatable bonds is 10. The van der Waals surface area contributed by atoms with E-state index in [2.05, 4.69) is 5.32 Å². The molecule has 0 saturated heterocycles. The number of carbonyl (C=O) groups is 2. The maximum atomic E-state index is 13.6. The second-order valence-electron chi connectivity index (χ2n) is 13.6. The van der Waals surface area contributed by atoms with E-state index in [-0.39, 0.29) is 80.1 Å². The number of hydrogen-bond donors (Lipinski definition) is 7. The van der Waals surface area contributed by atoms with Crippen LogP contribution in [0.5, 0.6) is 34.5 Å². The third-order valence-corrected chi connectivity index (χ3v) is 10.0. The van der Waals surface area contributed by atoms with Gasteiger partial charge in [0, 0.05) is 45.6 Å². The minimum atomic E-state index is -0.650. The zero-order valence-corrected chi connectivity index (χ0v) is 29.4. The highest BCUT2D eigenvalue weighted by Crippen LogP contribution is 2.51. The molecule has 9 heteroatoms. The number of phenols is 6. The predicted octanol–water partition coefficient (Wildman–Crippen LogP) is 8.81. The van der Waals surface area contributed by atoms with Crippen molar-refractivity contribution in [3.8, 4) is 45.6 Å². The average Bonchev–Trinajstić information content (AvgIpc) is 3.13. The Hall–Kier alpha value is -6.22. The number of amides is 1. The summed E-state index contributed by atoms with van der Waals surface area (Å²) in [4.78, 5) is 27.2. The molecule has 0 aliphatic heterocycles. The quantitative estimate of drug-likeness (QED) is 0.0550. The third-order valence-electron chi connectivity index (χ3n) is 10.0. The van der Waals surface area contributed by atoms with Gasteiger partial charge < -0.3 is 36.0 Å². The number of nitrogens with one attached hydrogen (secondary N) is 1. The van der Waals surface area contributed by atoms with Gasteiger partial charge in [-0.25, -0.2) is 0 Å². The number of Topliss-reactive ketones (excluding diaryl/α,β-unsaturated/α-hetero) is 1. The van der Waals surface area contributed by atoms with Crippen LogP contribution < -0.4 is 5.32 Å². The predicted molar refractivity (Wildman–Crippen MR) is 202 cm³/mol. The van der Waals surface area contributed by atoms with Crippen molar-refractivity contribution in [3.63, 3.8) is 0 Å². The molecule has 266 valence electrons. The topological polar surface area (TPSA) is 168 Å². The summed E-state index contributed by atoms with van der Waals surface area (Å²) in [5.41, 5.74) is 2.97. The lowest BCUT2D eigenvalue weighted by Crippen LogP contribution is -2.27. The molecule has 0 aromatic heterocycles. The highest BCUT2D eigenvalue weighted by Gasteiger charge is 2.28. The molecule has 7 N–H and O–H groups in total. The molecule has 2 unspecified atom stereocenters. The molecule has 6 aromatic carbocycles. The Morgan fingerprint density at radius 1 is 0.577 bits per heavy atom. The summed E-state index contributed by atoms with van der Waals surface area (Å²) in [6.07, 6.45) is 0.562. The summed E-state index contributed by atoms with van der Waals surface area (Å²) in [6.45, 7) is 7.54. The van der Waals surface area contributed by atoms with Crippen LogP contribution in [0.1, 0.15) is 81.5 Å². The van der Waals surface area contributed by atoms with E-state index in [0.29, 0.717) is 17.5 Å². The Morgan fingerprint density at radius 2 is 1.02 bits per heavy atom. The zero-order chi connectivity index (χ0) is 37.4. The molecule has 0 radical (unpaired) electrons. The van der Waals surface area contributed by atoms with Gasteiger partial charge >= 0.3 is 0 Å². The second kappa shape index (κ2) is 14.2. The fourth-order valence-electron chi connectivity index (χ4n) is 7.06. The largest absolute Gasteiger partial charge is 0.507 e. The lowest BCUT2D eigenvalue weighted by Gasteiger charge is -2.20. The number of fused-ring (bicyclic) bond motifs is 2. The number of aryl methyl sites for hydroxylation is 2. The van der Waals surface area contributed by atoms with Crippen molar-refractivity contribution >= 4 is 33.2 Å². The van der Waals surface area contributed by atoms with Crippen molar-refractivity contribution in [3.05, 3.63) is 118 Å². The molecule has 0 bridgehead atoms. The molecule has 0 aliphatic carbocycles. The van der Waals surface area contributed by atoms with E-state index >= 15 is 0 Å². The third kappa shape index (κ3) is 6.41. The van der Waals surface area contributed by atoms with E-state index in [0.717, 1.165) is 17.2 Å². The van der Waals surface area contributed by atoms with Crippen LogP contribution in [0.15, 0.2) is 84.9 Å². The van der Waals surface area contributed by atoms with Crippen molar-refractivity contribution in [2.45, 2.75) is 52.4 Å². The molecular weight excluding hydrogens is 658 g/mol. The second-order valence-corrected chi connectivity index (χ2v) is 13.6. The molecule has 6 rings (SSSR count). The number of ketones is 1. The molecule has 1 amide bonds. The SMILES string of the molecule is Cc1cc2c(C(=O)CCC(C)c3ccccc3)c(O)c(O)cc2c(O)c1-c1c(C)cc2c(C(=O)NCC(C)c3ccccc3)c(O)c(O)cc2c1O. The molecule has 6 aromatic rings. The average molecular weight is 700 g/mol. The van der Waals surface area contributed by atoms with Crippen LogP contribution >= 0.6 is 0 Å². The first-order chi connectivity index (χ1) is 24.8. The lowest BCUT2D eigenvalue weighted by molar-refractivity contribution is 0.0947. The monoisotopic (exact) mass is 699 g/mol. The van der Waals surface area contributed by atoms with Gasteiger partial charge in [-0.2, -0.15) is 0 Å². The van der Waals surface area contributed by atoms with Crippen LogP contribution in [-0.4, -0.2) is 48.9 Å². The summed E-state index contributed by atoms with van der Waals surface area (Å²) in [5, 5.41) is 70.1. The van der Waals surface area contributed by atoms with E-state index in [1.807, 2.05) is 74.5 Å². The first kappa shape index (κ1) is 35.6. The summed E-state index contributed by atoms with van der Waals surface area (Å²) in [7, 11) is 0. The maximum Gasteiger partial charge on any atom is 0.255 e. The molecular formula is C43H41NO8. The molecule has 0 fully saturated rings. The Balaban J connectivity index is 1.41. The zero-order valence-electron chi connectivity index (χ0n) is 29.4. The highest BCUT2D eigenvalue weighted by atomic mass is 16.3. The van der Waals surface area contributed by atoms with E-state index < -0.39 is 34.7 Å². The van der Waals surface area contributed by atoms with Crippen molar-refractivity contribution in [1.29, 1.82) is 0 Å². The van der Waals surface area contributed by atoms with Gasteiger partial charge in [-0.1, -0.05) is 74.5 Å². The summed E-state index contributed by atoms with van der Waals surface area (Å²) >= 11 is 0. The Kier molecular flexibility index (Phi) is 9.71. The molecule has 0 aliphatic rings. The number of aromatic hydroxyl groups is 6. The van der Waals surface area contributed by atoms with Crippen LogP contribution in [0.4, 0.5) is 0 Å². The number of benzene rings is 6. The molecule has 9 nitrogen and oxygen atoms in total. The van der Waals surface area contributed by atoms with Crippen LogP contribution in [0, 0.1) is 13.8 Å². The molecule has 52 heavy (non-hydrogen) atoms. The summed E-state index contributed by atoms with van der Waals surface area (Å²) in [5.74, 6) is -4.21. The number of hydrogen-bond acceptors (Lipinski definition) is 8. The number of carbonyl (C=O) groups excluding carboxylic acids is 2. The normalized spacial score (nSPS) is 12.5. The first-order valence-corrected chi connectivity index (χ1v) is 17.1. The molecule has 2 atom stereocenters. The van der Waals surface area contributed by atoms with E-state index in [4.69, 9.17) is 0 Å². The lowest BCUT2D eigenvalue weighted by atomic mass is 9.86. The Bertz CT molecular complexity index is 2190. The Labute approximate surface area is 301 Å².